The standard InChI is InChI=1S/C22H25F2N5O4/c23-17-9-15(16-11-26-20(27-12-16)21(30)28-7-3-25-4-8-28)10-18(24)19(17)33-13-14-1-5-29(6-2-14)22(31)32/h9-12,14,25H,1-8,13H2,(H,31,32). The molecule has 176 valence electrons. The molecule has 0 spiro atoms. The van der Waals surface area contributed by atoms with E-state index in [1.165, 1.54) is 17.3 Å². The van der Waals surface area contributed by atoms with Crippen LogP contribution in [0.15, 0.2) is 24.5 Å². The maximum atomic E-state index is 14.6. The number of ether oxygens (including phenoxy) is 1. The Morgan fingerprint density at radius 2 is 1.61 bits per heavy atom. The van der Waals surface area contributed by atoms with Crippen LogP contribution in [0.5, 0.6) is 5.75 Å². The Kier molecular flexibility index (Phi) is 6.97. The van der Waals surface area contributed by atoms with E-state index in [4.69, 9.17) is 9.84 Å². The normalized spacial score (nSPS) is 17.2. The number of piperazine rings is 1. The highest BCUT2D eigenvalue weighted by molar-refractivity contribution is 5.90. The number of carbonyl (C=O) groups is 2. The lowest BCUT2D eigenvalue weighted by Crippen LogP contribution is -2.46. The number of piperidine rings is 1. The van der Waals surface area contributed by atoms with Crippen molar-refractivity contribution in [1.29, 1.82) is 0 Å². The third kappa shape index (κ3) is 5.36. The van der Waals surface area contributed by atoms with Gasteiger partial charge in [0, 0.05) is 57.2 Å². The summed E-state index contributed by atoms with van der Waals surface area (Å²) in [6, 6.07) is 2.28. The number of carboxylic acid groups (broad SMARTS) is 1. The van der Waals surface area contributed by atoms with Gasteiger partial charge in [-0.25, -0.2) is 23.5 Å². The van der Waals surface area contributed by atoms with Crippen molar-refractivity contribution in [2.45, 2.75) is 12.8 Å². The van der Waals surface area contributed by atoms with Crippen LogP contribution in [0.1, 0.15) is 23.5 Å². The van der Waals surface area contributed by atoms with E-state index in [2.05, 4.69) is 15.3 Å². The number of hydrogen-bond acceptors (Lipinski definition) is 6. The van der Waals surface area contributed by atoms with Crippen LogP contribution in [0, 0.1) is 17.6 Å². The maximum Gasteiger partial charge on any atom is 0.407 e. The number of carbonyl (C=O) groups excluding carboxylic acids is 1. The Morgan fingerprint density at radius 3 is 2.18 bits per heavy atom. The molecular weight excluding hydrogens is 436 g/mol. The van der Waals surface area contributed by atoms with Gasteiger partial charge < -0.3 is 25.0 Å². The van der Waals surface area contributed by atoms with Gasteiger partial charge in [-0.05, 0) is 36.5 Å². The SMILES string of the molecule is O=C(O)N1CCC(COc2c(F)cc(-c3cnc(C(=O)N4CCNCC4)nc3)cc2F)CC1. The number of amides is 2. The molecule has 0 radical (unpaired) electrons. The van der Waals surface area contributed by atoms with Crippen LogP contribution in [0.3, 0.4) is 0 Å². The molecule has 2 aromatic rings. The second-order valence-corrected chi connectivity index (χ2v) is 8.13. The van der Waals surface area contributed by atoms with Gasteiger partial charge in [-0.3, -0.25) is 4.79 Å². The molecule has 2 aliphatic heterocycles. The Bertz CT molecular complexity index is 983. The number of nitrogens with zero attached hydrogens (tertiary/aromatic N) is 4. The molecule has 0 saturated carbocycles. The Balaban J connectivity index is 1.39. The van der Waals surface area contributed by atoms with E-state index in [1.807, 2.05) is 0 Å². The topological polar surface area (TPSA) is 108 Å². The van der Waals surface area contributed by atoms with Crippen molar-refractivity contribution in [2.24, 2.45) is 5.92 Å². The molecule has 4 rings (SSSR count). The minimum absolute atomic E-state index is 0.0215. The average Bonchev–Trinajstić information content (AvgIpc) is 2.84. The third-order valence-electron chi connectivity index (χ3n) is 5.93. The summed E-state index contributed by atoms with van der Waals surface area (Å²) in [5.41, 5.74) is 0.602. The molecule has 9 nitrogen and oxygen atoms in total. The molecule has 3 heterocycles. The number of nitrogens with one attached hydrogen (secondary N) is 1. The van der Waals surface area contributed by atoms with Gasteiger partial charge in [-0.2, -0.15) is 0 Å². The Labute approximate surface area is 189 Å². The summed E-state index contributed by atoms with van der Waals surface area (Å²) in [7, 11) is 0. The number of rotatable bonds is 5. The summed E-state index contributed by atoms with van der Waals surface area (Å²) in [6.07, 6.45) is 2.92. The molecule has 2 amide bonds. The van der Waals surface area contributed by atoms with Gasteiger partial charge in [0.1, 0.15) is 0 Å². The highest BCUT2D eigenvalue weighted by atomic mass is 19.1. The number of hydrogen-bond donors (Lipinski definition) is 2. The van der Waals surface area contributed by atoms with E-state index in [0.29, 0.717) is 57.7 Å². The van der Waals surface area contributed by atoms with Gasteiger partial charge in [-0.1, -0.05) is 0 Å². The predicted molar refractivity (Wildman–Crippen MR) is 114 cm³/mol. The van der Waals surface area contributed by atoms with Crippen molar-refractivity contribution in [1.82, 2.24) is 25.1 Å². The zero-order valence-electron chi connectivity index (χ0n) is 18.0. The molecule has 2 saturated heterocycles. The zero-order valence-corrected chi connectivity index (χ0v) is 18.0. The lowest BCUT2D eigenvalue weighted by atomic mass is 9.98. The van der Waals surface area contributed by atoms with Crippen molar-refractivity contribution in [3.05, 3.63) is 42.0 Å². The molecular formula is C22H25F2N5O4. The molecule has 0 aliphatic carbocycles. The Morgan fingerprint density at radius 1 is 1.00 bits per heavy atom. The van der Waals surface area contributed by atoms with Crippen LogP contribution in [0.4, 0.5) is 13.6 Å². The Hall–Kier alpha value is -3.34. The first-order valence-electron chi connectivity index (χ1n) is 10.8. The number of likely N-dealkylation sites (tertiary alicyclic amines) is 1. The average molecular weight is 461 g/mol. The molecule has 0 bridgehead atoms. The van der Waals surface area contributed by atoms with Gasteiger partial charge in [0.05, 0.1) is 6.61 Å². The molecule has 2 N–H and O–H groups in total. The van der Waals surface area contributed by atoms with E-state index in [0.717, 1.165) is 12.1 Å². The van der Waals surface area contributed by atoms with Crippen molar-refractivity contribution in [3.8, 4) is 16.9 Å². The van der Waals surface area contributed by atoms with Crippen molar-refractivity contribution in [3.63, 3.8) is 0 Å². The lowest BCUT2D eigenvalue weighted by molar-refractivity contribution is 0.0723. The van der Waals surface area contributed by atoms with Gasteiger partial charge >= 0.3 is 6.09 Å². The molecule has 0 unspecified atom stereocenters. The highest BCUT2D eigenvalue weighted by Gasteiger charge is 2.24. The highest BCUT2D eigenvalue weighted by Crippen LogP contribution is 2.29. The van der Waals surface area contributed by atoms with Crippen molar-refractivity contribution < 1.29 is 28.2 Å². The first kappa shape index (κ1) is 22.8. The van der Waals surface area contributed by atoms with E-state index in [1.54, 1.807) is 4.90 Å². The first-order chi connectivity index (χ1) is 15.9. The minimum atomic E-state index is -0.966. The summed E-state index contributed by atoms with van der Waals surface area (Å²) in [5.74, 6) is -2.39. The van der Waals surface area contributed by atoms with E-state index < -0.39 is 23.5 Å². The monoisotopic (exact) mass is 461 g/mol. The maximum absolute atomic E-state index is 14.6. The first-order valence-corrected chi connectivity index (χ1v) is 10.8. The van der Waals surface area contributed by atoms with Crippen molar-refractivity contribution >= 4 is 12.0 Å². The summed E-state index contributed by atoms with van der Waals surface area (Å²) < 4.78 is 34.6. The molecule has 33 heavy (non-hydrogen) atoms. The third-order valence-corrected chi connectivity index (χ3v) is 5.93. The quantitative estimate of drug-likeness (QED) is 0.703. The van der Waals surface area contributed by atoms with Crippen molar-refractivity contribution in [2.75, 3.05) is 45.9 Å². The smallest absolute Gasteiger partial charge is 0.407 e. The number of aromatic nitrogens is 2. The van der Waals surface area contributed by atoms with Crippen LogP contribution in [-0.4, -0.2) is 82.8 Å². The van der Waals surface area contributed by atoms with Gasteiger partial charge in [0.2, 0.25) is 5.82 Å². The summed E-state index contributed by atoms with van der Waals surface area (Å²) in [6.45, 7) is 3.41. The van der Waals surface area contributed by atoms with Crippen LogP contribution in [0.2, 0.25) is 0 Å². The summed E-state index contributed by atoms with van der Waals surface area (Å²) >= 11 is 0. The van der Waals surface area contributed by atoms with Crippen LogP contribution < -0.4 is 10.1 Å². The van der Waals surface area contributed by atoms with Gasteiger partial charge in [-0.15, -0.1) is 0 Å². The molecule has 2 aliphatic rings. The molecule has 11 heteroatoms. The molecule has 1 aromatic heterocycles. The number of benzene rings is 1. The van der Waals surface area contributed by atoms with Crippen LogP contribution in [-0.2, 0) is 0 Å². The predicted octanol–water partition coefficient (Wildman–Crippen LogP) is 2.24. The van der Waals surface area contributed by atoms with Crippen LogP contribution >= 0.6 is 0 Å². The summed E-state index contributed by atoms with van der Waals surface area (Å²) in [5, 5.41) is 12.2. The second-order valence-electron chi connectivity index (χ2n) is 8.13. The van der Waals surface area contributed by atoms with Gasteiger partial charge in [0.25, 0.3) is 5.91 Å². The fourth-order valence-electron chi connectivity index (χ4n) is 3.95. The second kappa shape index (κ2) is 10.1. The molecule has 1 aromatic carbocycles. The molecule has 0 atom stereocenters. The summed E-state index contributed by atoms with van der Waals surface area (Å²) in [4.78, 5) is 34.6. The minimum Gasteiger partial charge on any atom is -0.487 e. The van der Waals surface area contributed by atoms with Gasteiger partial charge in [0.15, 0.2) is 17.4 Å². The fraction of sp³-hybridized carbons (Fsp3) is 0.455. The van der Waals surface area contributed by atoms with E-state index in [9.17, 15) is 18.4 Å². The largest absolute Gasteiger partial charge is 0.487 e. The lowest BCUT2D eigenvalue weighted by Gasteiger charge is -2.29. The zero-order chi connectivity index (χ0) is 23.4. The number of halogens is 2. The van der Waals surface area contributed by atoms with E-state index in [-0.39, 0.29) is 29.8 Å². The fourth-order valence-corrected chi connectivity index (χ4v) is 3.95. The van der Waals surface area contributed by atoms with E-state index >= 15 is 0 Å². The molecule has 2 fully saturated rings. The van der Waals surface area contributed by atoms with Crippen LogP contribution in [0.25, 0.3) is 11.1 Å².